The average Bonchev–Trinajstić information content (AvgIpc) is 2.32. The van der Waals surface area contributed by atoms with Crippen LogP contribution in [-0.2, 0) is 4.74 Å². The molecule has 0 unspecified atom stereocenters. The van der Waals surface area contributed by atoms with E-state index in [1.165, 1.54) is 13.3 Å². The maximum atomic E-state index is 10.8. The summed E-state index contributed by atoms with van der Waals surface area (Å²) in [5.41, 5.74) is 2.97. The van der Waals surface area contributed by atoms with E-state index >= 15 is 0 Å². The molecule has 0 saturated heterocycles. The van der Waals surface area contributed by atoms with Crippen LogP contribution in [0, 0.1) is 0 Å². The average molecular weight is 301 g/mol. The van der Waals surface area contributed by atoms with Gasteiger partial charge in [-0.05, 0) is 25.1 Å². The lowest BCUT2D eigenvalue weighted by atomic mass is 10.2. The maximum Gasteiger partial charge on any atom is 0.427 e. The molecule has 1 amide bonds. The molecule has 0 aliphatic rings. The minimum atomic E-state index is -0.616. The van der Waals surface area contributed by atoms with Crippen LogP contribution in [0.4, 0.5) is 4.79 Å². The number of ether oxygens (including phenoxy) is 2. The maximum absolute atomic E-state index is 10.8. The number of hydrazone groups is 1. The van der Waals surface area contributed by atoms with Crippen LogP contribution in [0.5, 0.6) is 5.75 Å². The van der Waals surface area contributed by atoms with Crippen molar-refractivity contribution >= 4 is 28.2 Å². The second-order valence-corrected chi connectivity index (χ2v) is 3.89. The minimum Gasteiger partial charge on any atom is -0.493 e. The summed E-state index contributed by atoms with van der Waals surface area (Å²) >= 11 is 3.35. The van der Waals surface area contributed by atoms with Gasteiger partial charge in [0.05, 0.1) is 19.9 Å². The summed E-state index contributed by atoms with van der Waals surface area (Å²) in [7, 11) is 1.27. The number of halogens is 1. The second kappa shape index (κ2) is 6.90. The lowest BCUT2D eigenvalue weighted by molar-refractivity contribution is 0.171. The first-order valence-corrected chi connectivity index (χ1v) is 5.76. The molecule has 0 bridgehead atoms. The molecule has 0 radical (unpaired) electrons. The van der Waals surface area contributed by atoms with E-state index in [9.17, 15) is 4.79 Å². The van der Waals surface area contributed by atoms with Gasteiger partial charge in [-0.15, -0.1) is 0 Å². The molecule has 0 aliphatic carbocycles. The number of amides is 1. The van der Waals surface area contributed by atoms with Gasteiger partial charge >= 0.3 is 6.09 Å². The zero-order valence-electron chi connectivity index (χ0n) is 9.57. The standard InChI is InChI=1S/C11H13BrN2O3/c1-3-17-10-5-4-9(12)6-8(10)7-13-14-11(15)16-2/h4-7H,3H2,1-2H3,(H,14,15). The Kier molecular flexibility index (Phi) is 5.48. The quantitative estimate of drug-likeness (QED) is 0.686. The topological polar surface area (TPSA) is 59.9 Å². The van der Waals surface area contributed by atoms with E-state index in [0.717, 1.165) is 10.0 Å². The van der Waals surface area contributed by atoms with Crippen LogP contribution in [-0.4, -0.2) is 26.0 Å². The first-order chi connectivity index (χ1) is 8.17. The highest BCUT2D eigenvalue weighted by atomic mass is 79.9. The van der Waals surface area contributed by atoms with Crippen molar-refractivity contribution in [2.75, 3.05) is 13.7 Å². The first-order valence-electron chi connectivity index (χ1n) is 4.96. The van der Waals surface area contributed by atoms with Gasteiger partial charge in [0.15, 0.2) is 0 Å². The largest absolute Gasteiger partial charge is 0.493 e. The van der Waals surface area contributed by atoms with Crippen molar-refractivity contribution in [3.63, 3.8) is 0 Å². The van der Waals surface area contributed by atoms with Crippen molar-refractivity contribution in [1.82, 2.24) is 5.43 Å². The molecule has 17 heavy (non-hydrogen) atoms. The number of carbonyl (C=O) groups is 1. The van der Waals surface area contributed by atoms with Gasteiger partial charge in [0, 0.05) is 10.0 Å². The summed E-state index contributed by atoms with van der Waals surface area (Å²) in [4.78, 5) is 10.8. The highest BCUT2D eigenvalue weighted by molar-refractivity contribution is 9.10. The van der Waals surface area contributed by atoms with Crippen molar-refractivity contribution in [3.05, 3.63) is 28.2 Å². The van der Waals surface area contributed by atoms with E-state index in [-0.39, 0.29) is 0 Å². The van der Waals surface area contributed by atoms with E-state index in [4.69, 9.17) is 4.74 Å². The molecular formula is C11H13BrN2O3. The predicted octanol–water partition coefficient (Wildman–Crippen LogP) is 2.54. The lowest BCUT2D eigenvalue weighted by Crippen LogP contribution is -2.16. The van der Waals surface area contributed by atoms with Crippen molar-refractivity contribution < 1.29 is 14.3 Å². The SMILES string of the molecule is CCOc1ccc(Br)cc1C=NNC(=O)OC. The number of carbonyl (C=O) groups excluding carboxylic acids is 1. The zero-order valence-corrected chi connectivity index (χ0v) is 11.2. The number of rotatable bonds is 4. The summed E-state index contributed by atoms with van der Waals surface area (Å²) in [5.74, 6) is 0.700. The molecule has 1 N–H and O–H groups in total. The highest BCUT2D eigenvalue weighted by Crippen LogP contribution is 2.21. The van der Waals surface area contributed by atoms with Gasteiger partial charge < -0.3 is 9.47 Å². The molecule has 0 spiro atoms. The molecule has 5 nitrogen and oxygen atoms in total. The van der Waals surface area contributed by atoms with E-state index in [1.807, 2.05) is 25.1 Å². The lowest BCUT2D eigenvalue weighted by Gasteiger charge is -2.06. The number of hydrogen-bond donors (Lipinski definition) is 1. The van der Waals surface area contributed by atoms with E-state index in [1.54, 1.807) is 0 Å². The fraction of sp³-hybridized carbons (Fsp3) is 0.273. The molecule has 0 aromatic heterocycles. The predicted molar refractivity (Wildman–Crippen MR) is 68.4 cm³/mol. The smallest absolute Gasteiger partial charge is 0.427 e. The zero-order chi connectivity index (χ0) is 12.7. The molecule has 0 atom stereocenters. The molecule has 1 aromatic carbocycles. The Morgan fingerprint density at radius 1 is 1.59 bits per heavy atom. The summed E-state index contributed by atoms with van der Waals surface area (Å²) in [5, 5.41) is 3.75. The van der Waals surface area contributed by atoms with Gasteiger partial charge in [0.2, 0.25) is 0 Å². The van der Waals surface area contributed by atoms with Crippen molar-refractivity contribution in [2.24, 2.45) is 5.10 Å². The van der Waals surface area contributed by atoms with Gasteiger partial charge in [-0.2, -0.15) is 5.10 Å². The normalized spacial score (nSPS) is 10.3. The molecule has 0 heterocycles. The number of methoxy groups -OCH3 is 1. The first kappa shape index (κ1) is 13.5. The van der Waals surface area contributed by atoms with Crippen LogP contribution in [0.25, 0.3) is 0 Å². The van der Waals surface area contributed by atoms with Gasteiger partial charge in [-0.25, -0.2) is 10.2 Å². The fourth-order valence-electron chi connectivity index (χ4n) is 1.11. The Morgan fingerprint density at radius 3 is 3.00 bits per heavy atom. The Hall–Kier alpha value is -1.56. The van der Waals surface area contributed by atoms with Gasteiger partial charge in [0.1, 0.15) is 5.75 Å². The molecule has 1 aromatic rings. The monoisotopic (exact) mass is 300 g/mol. The van der Waals surface area contributed by atoms with Crippen LogP contribution in [0.2, 0.25) is 0 Å². The second-order valence-electron chi connectivity index (χ2n) is 2.98. The number of nitrogens with zero attached hydrogens (tertiary/aromatic N) is 1. The van der Waals surface area contributed by atoms with Gasteiger partial charge in [-0.1, -0.05) is 15.9 Å². The summed E-state index contributed by atoms with van der Waals surface area (Å²) in [6.45, 7) is 2.46. The molecule has 0 saturated carbocycles. The van der Waals surface area contributed by atoms with Crippen molar-refractivity contribution in [3.8, 4) is 5.75 Å². The van der Waals surface area contributed by atoms with E-state index in [0.29, 0.717) is 12.4 Å². The number of hydrogen-bond acceptors (Lipinski definition) is 4. The molecule has 6 heteroatoms. The van der Waals surface area contributed by atoms with Gasteiger partial charge in [-0.3, -0.25) is 0 Å². The van der Waals surface area contributed by atoms with E-state index in [2.05, 4.69) is 31.2 Å². The van der Waals surface area contributed by atoms with Crippen molar-refractivity contribution in [2.45, 2.75) is 6.92 Å². The van der Waals surface area contributed by atoms with Crippen LogP contribution < -0.4 is 10.2 Å². The molecule has 0 fully saturated rings. The molecule has 92 valence electrons. The Labute approximate surface area is 108 Å². The fourth-order valence-corrected chi connectivity index (χ4v) is 1.49. The van der Waals surface area contributed by atoms with Crippen LogP contribution in [0.15, 0.2) is 27.8 Å². The van der Waals surface area contributed by atoms with Crippen molar-refractivity contribution in [1.29, 1.82) is 0 Å². The van der Waals surface area contributed by atoms with Crippen LogP contribution >= 0.6 is 15.9 Å². The molecule has 1 rings (SSSR count). The summed E-state index contributed by atoms with van der Waals surface area (Å²) < 4.78 is 10.7. The van der Waals surface area contributed by atoms with Gasteiger partial charge in [0.25, 0.3) is 0 Å². The summed E-state index contributed by atoms with van der Waals surface area (Å²) in [6, 6.07) is 5.54. The van der Waals surface area contributed by atoms with Crippen LogP contribution in [0.1, 0.15) is 12.5 Å². The van der Waals surface area contributed by atoms with E-state index < -0.39 is 6.09 Å². The number of nitrogens with one attached hydrogen (secondary N) is 1. The third-order valence-corrected chi connectivity index (χ3v) is 2.31. The Balaban J connectivity index is 2.80. The minimum absolute atomic E-state index is 0.562. The number of benzene rings is 1. The third kappa shape index (κ3) is 4.44. The highest BCUT2D eigenvalue weighted by Gasteiger charge is 2.02. The Bertz CT molecular complexity index is 421. The third-order valence-electron chi connectivity index (χ3n) is 1.82. The van der Waals surface area contributed by atoms with Crippen LogP contribution in [0.3, 0.4) is 0 Å². The Morgan fingerprint density at radius 2 is 2.35 bits per heavy atom. The molecular weight excluding hydrogens is 288 g/mol. The molecule has 0 aliphatic heterocycles. The summed E-state index contributed by atoms with van der Waals surface area (Å²) in [6.07, 6.45) is 0.876.